The Balaban J connectivity index is 1.56. The van der Waals surface area contributed by atoms with Gasteiger partial charge in [0.1, 0.15) is 5.75 Å². The van der Waals surface area contributed by atoms with Gasteiger partial charge in [-0.1, -0.05) is 38.4 Å². The summed E-state index contributed by atoms with van der Waals surface area (Å²) in [7, 11) is 0. The zero-order valence-corrected chi connectivity index (χ0v) is 21.3. The van der Waals surface area contributed by atoms with E-state index in [2.05, 4.69) is 15.5 Å². The van der Waals surface area contributed by atoms with Crippen molar-refractivity contribution in [3.63, 3.8) is 0 Å². The van der Waals surface area contributed by atoms with Crippen molar-refractivity contribution < 1.29 is 14.3 Å². The van der Waals surface area contributed by atoms with Gasteiger partial charge in [0.25, 0.3) is 5.91 Å². The minimum Gasteiger partial charge on any atom is -0.494 e. The smallest absolute Gasteiger partial charge is 0.257 e. The normalized spacial score (nSPS) is 13.6. The number of anilines is 2. The molecule has 0 radical (unpaired) electrons. The molecule has 0 unspecified atom stereocenters. The van der Waals surface area contributed by atoms with Crippen molar-refractivity contribution in [2.75, 3.05) is 43.0 Å². The van der Waals surface area contributed by atoms with Crippen molar-refractivity contribution >= 4 is 52.1 Å². The van der Waals surface area contributed by atoms with Crippen LogP contribution in [0.2, 0.25) is 5.02 Å². The Kier molecular flexibility index (Phi) is 9.12. The number of carbonyl (C=O) groups excluding carboxylic acids is 2. The van der Waals surface area contributed by atoms with Crippen LogP contribution < -0.4 is 20.3 Å². The number of hydrogen-bond acceptors (Lipinski definition) is 5. The van der Waals surface area contributed by atoms with Gasteiger partial charge in [-0.3, -0.25) is 14.9 Å². The lowest BCUT2D eigenvalue weighted by molar-refractivity contribution is -0.134. The zero-order chi connectivity index (χ0) is 24.7. The van der Waals surface area contributed by atoms with E-state index in [-0.39, 0.29) is 22.8 Å². The average Bonchev–Trinajstić information content (AvgIpc) is 2.82. The summed E-state index contributed by atoms with van der Waals surface area (Å²) < 4.78 is 5.58. The van der Waals surface area contributed by atoms with Crippen LogP contribution in [0, 0.1) is 5.92 Å². The fraction of sp³-hybridized carbons (Fsp3) is 0.400. The van der Waals surface area contributed by atoms with Crippen LogP contribution >= 0.6 is 23.8 Å². The SMILES string of the molecule is CCCOc1cccc(C(=O)NC(=S)Nc2ccc(N3CCN(C(=O)C(C)C)CC3)c(Cl)c2)c1. The first kappa shape index (κ1) is 25.8. The highest BCUT2D eigenvalue weighted by Gasteiger charge is 2.24. The molecule has 0 spiro atoms. The molecule has 9 heteroatoms. The highest BCUT2D eigenvalue weighted by atomic mass is 35.5. The standard InChI is InChI=1S/C25H31ClN4O3S/c1-4-14-33-20-7-5-6-18(15-20)23(31)28-25(34)27-19-8-9-22(21(26)16-19)29-10-12-30(13-11-29)24(32)17(2)3/h5-9,15-17H,4,10-14H2,1-3H3,(H2,27,28,31,34). The lowest BCUT2D eigenvalue weighted by Crippen LogP contribution is -2.50. The highest BCUT2D eigenvalue weighted by Crippen LogP contribution is 2.30. The van der Waals surface area contributed by atoms with Gasteiger partial charge in [0.2, 0.25) is 5.91 Å². The molecule has 2 N–H and O–H groups in total. The van der Waals surface area contributed by atoms with Gasteiger partial charge in [0.15, 0.2) is 5.11 Å². The maximum Gasteiger partial charge on any atom is 0.257 e. The quantitative estimate of drug-likeness (QED) is 0.541. The molecule has 7 nitrogen and oxygen atoms in total. The molecule has 1 saturated heterocycles. The Labute approximate surface area is 211 Å². The van der Waals surface area contributed by atoms with Crippen molar-refractivity contribution in [1.29, 1.82) is 0 Å². The van der Waals surface area contributed by atoms with E-state index in [0.29, 0.717) is 41.7 Å². The fourth-order valence-corrected chi connectivity index (χ4v) is 4.17. The third kappa shape index (κ3) is 6.84. The largest absolute Gasteiger partial charge is 0.494 e. The van der Waals surface area contributed by atoms with Crippen LogP contribution in [-0.2, 0) is 4.79 Å². The lowest BCUT2D eigenvalue weighted by atomic mass is 10.1. The second kappa shape index (κ2) is 12.0. The monoisotopic (exact) mass is 502 g/mol. The second-order valence-corrected chi connectivity index (χ2v) is 9.23. The molecule has 34 heavy (non-hydrogen) atoms. The number of rotatable bonds is 7. The molecule has 0 aliphatic carbocycles. The van der Waals surface area contributed by atoms with Gasteiger partial charge < -0.3 is 19.9 Å². The average molecular weight is 503 g/mol. The van der Waals surface area contributed by atoms with Crippen molar-refractivity contribution in [3.05, 3.63) is 53.1 Å². The van der Waals surface area contributed by atoms with Crippen molar-refractivity contribution in [2.45, 2.75) is 27.2 Å². The highest BCUT2D eigenvalue weighted by molar-refractivity contribution is 7.80. The van der Waals surface area contributed by atoms with E-state index < -0.39 is 0 Å². The maximum atomic E-state index is 12.6. The maximum absolute atomic E-state index is 12.6. The fourth-order valence-electron chi connectivity index (χ4n) is 3.66. The summed E-state index contributed by atoms with van der Waals surface area (Å²) in [5.41, 5.74) is 2.04. The molecular formula is C25H31ClN4O3S. The summed E-state index contributed by atoms with van der Waals surface area (Å²) in [6.07, 6.45) is 0.889. The van der Waals surface area contributed by atoms with Crippen LogP contribution in [0.4, 0.5) is 11.4 Å². The number of carbonyl (C=O) groups is 2. The van der Waals surface area contributed by atoms with Gasteiger partial charge in [-0.15, -0.1) is 0 Å². The number of ether oxygens (including phenoxy) is 1. The van der Waals surface area contributed by atoms with Crippen LogP contribution in [0.25, 0.3) is 0 Å². The van der Waals surface area contributed by atoms with Gasteiger partial charge in [-0.25, -0.2) is 0 Å². The Bertz CT molecular complexity index is 1040. The number of thiocarbonyl (C=S) groups is 1. The lowest BCUT2D eigenvalue weighted by Gasteiger charge is -2.37. The predicted molar refractivity (Wildman–Crippen MR) is 141 cm³/mol. The summed E-state index contributed by atoms with van der Waals surface area (Å²) in [5, 5.41) is 6.44. The van der Waals surface area contributed by atoms with Crippen LogP contribution in [0.1, 0.15) is 37.6 Å². The Morgan fingerprint density at radius 3 is 2.50 bits per heavy atom. The first-order valence-electron chi connectivity index (χ1n) is 11.5. The molecule has 182 valence electrons. The predicted octanol–water partition coefficient (Wildman–Crippen LogP) is 4.56. The van der Waals surface area contributed by atoms with Crippen LogP contribution in [-0.4, -0.2) is 54.6 Å². The molecule has 0 bridgehead atoms. The topological polar surface area (TPSA) is 73.9 Å². The Morgan fingerprint density at radius 1 is 1.12 bits per heavy atom. The minimum absolute atomic E-state index is 0.00292. The van der Waals surface area contributed by atoms with Gasteiger partial charge in [0, 0.05) is 43.3 Å². The van der Waals surface area contributed by atoms with E-state index in [1.807, 2.05) is 43.9 Å². The summed E-state index contributed by atoms with van der Waals surface area (Å²) in [5.74, 6) is 0.505. The van der Waals surface area contributed by atoms with E-state index in [1.165, 1.54) is 0 Å². The second-order valence-electron chi connectivity index (χ2n) is 8.42. The molecule has 1 aliphatic heterocycles. The molecule has 2 aromatic carbocycles. The van der Waals surface area contributed by atoms with Crippen molar-refractivity contribution in [3.8, 4) is 5.75 Å². The minimum atomic E-state index is -0.323. The molecule has 1 aliphatic rings. The van der Waals surface area contributed by atoms with Gasteiger partial charge in [-0.2, -0.15) is 0 Å². The molecular weight excluding hydrogens is 472 g/mol. The van der Waals surface area contributed by atoms with Crippen molar-refractivity contribution in [1.82, 2.24) is 10.2 Å². The number of nitrogens with one attached hydrogen (secondary N) is 2. The number of nitrogens with zero attached hydrogens (tertiary/aromatic N) is 2. The number of halogens is 1. The molecule has 2 amide bonds. The molecule has 3 rings (SSSR count). The van der Waals surface area contributed by atoms with Gasteiger partial charge >= 0.3 is 0 Å². The van der Waals surface area contributed by atoms with Crippen LogP contribution in [0.3, 0.4) is 0 Å². The van der Waals surface area contributed by atoms with E-state index in [0.717, 1.165) is 25.2 Å². The summed E-state index contributed by atoms with van der Waals surface area (Å²) in [6.45, 7) is 9.25. The number of hydrogen-bond donors (Lipinski definition) is 2. The van der Waals surface area contributed by atoms with E-state index >= 15 is 0 Å². The molecule has 1 fully saturated rings. The Hall–Kier alpha value is -2.84. The number of piperazine rings is 1. The first-order chi connectivity index (χ1) is 16.3. The summed E-state index contributed by atoms with van der Waals surface area (Å²) in [4.78, 5) is 28.8. The molecule has 1 heterocycles. The molecule has 2 aromatic rings. The van der Waals surface area contributed by atoms with Gasteiger partial charge in [0.05, 0.1) is 17.3 Å². The van der Waals surface area contributed by atoms with E-state index in [4.69, 9.17) is 28.6 Å². The van der Waals surface area contributed by atoms with Crippen LogP contribution in [0.15, 0.2) is 42.5 Å². The zero-order valence-electron chi connectivity index (χ0n) is 19.8. The third-order valence-electron chi connectivity index (χ3n) is 5.43. The van der Waals surface area contributed by atoms with E-state index in [1.54, 1.807) is 24.3 Å². The molecule has 0 saturated carbocycles. The summed E-state index contributed by atoms with van der Waals surface area (Å²) in [6, 6.07) is 12.5. The van der Waals surface area contributed by atoms with Gasteiger partial charge in [-0.05, 0) is 55.0 Å². The number of amides is 2. The van der Waals surface area contributed by atoms with Crippen LogP contribution in [0.5, 0.6) is 5.75 Å². The Morgan fingerprint density at radius 2 is 1.85 bits per heavy atom. The number of benzene rings is 2. The van der Waals surface area contributed by atoms with E-state index in [9.17, 15) is 9.59 Å². The first-order valence-corrected chi connectivity index (χ1v) is 12.3. The van der Waals surface area contributed by atoms with Crippen molar-refractivity contribution in [2.24, 2.45) is 5.92 Å². The third-order valence-corrected chi connectivity index (χ3v) is 5.93. The summed E-state index contributed by atoms with van der Waals surface area (Å²) >= 11 is 11.9. The molecule has 0 aromatic heterocycles. The molecule has 0 atom stereocenters.